The van der Waals surface area contributed by atoms with Crippen molar-refractivity contribution in [1.82, 2.24) is 9.55 Å². The number of rotatable bonds is 6. The third-order valence-corrected chi connectivity index (χ3v) is 5.56. The molecule has 1 aromatic carbocycles. The first-order valence-corrected chi connectivity index (χ1v) is 9.73. The molecule has 0 spiro atoms. The summed E-state index contributed by atoms with van der Waals surface area (Å²) in [6.07, 6.45) is 1.43. The van der Waals surface area contributed by atoms with Gasteiger partial charge in [-0.05, 0) is 43.5 Å². The Kier molecular flexibility index (Phi) is 5.32. The van der Waals surface area contributed by atoms with E-state index >= 15 is 0 Å². The van der Waals surface area contributed by atoms with Crippen molar-refractivity contribution in [3.63, 3.8) is 0 Å². The molecule has 142 valence electrons. The molecule has 1 amide bonds. The van der Waals surface area contributed by atoms with Crippen LogP contribution in [0.15, 0.2) is 28.4 Å². The van der Waals surface area contributed by atoms with E-state index in [2.05, 4.69) is 4.98 Å². The fourth-order valence-electron chi connectivity index (χ4n) is 3.23. The molecule has 6 nitrogen and oxygen atoms in total. The molecule has 0 aliphatic carbocycles. The highest BCUT2D eigenvalue weighted by Gasteiger charge is 2.22. The van der Waals surface area contributed by atoms with E-state index < -0.39 is 11.9 Å². The van der Waals surface area contributed by atoms with Crippen LogP contribution in [0.5, 0.6) is 5.75 Å². The Morgan fingerprint density at radius 1 is 1.41 bits per heavy atom. The Morgan fingerprint density at radius 3 is 2.74 bits per heavy atom. The third kappa shape index (κ3) is 3.35. The number of aromatic nitrogens is 2. The predicted molar refractivity (Wildman–Crippen MR) is 109 cm³/mol. The fraction of sp³-hybridized carbons (Fsp3) is 0.350. The highest BCUT2D eigenvalue weighted by molar-refractivity contribution is 7.17. The third-order valence-electron chi connectivity index (χ3n) is 4.69. The first-order valence-electron chi connectivity index (χ1n) is 8.86. The summed E-state index contributed by atoms with van der Waals surface area (Å²) in [6.45, 7) is 5.61. The Labute approximate surface area is 161 Å². The second-order valence-electron chi connectivity index (χ2n) is 6.55. The molecule has 1 unspecified atom stereocenters. The number of methoxy groups -OCH3 is 1. The van der Waals surface area contributed by atoms with Crippen molar-refractivity contribution in [3.8, 4) is 16.9 Å². The molecule has 0 aliphatic rings. The molecule has 0 saturated carbocycles. The zero-order chi connectivity index (χ0) is 19.7. The van der Waals surface area contributed by atoms with Crippen molar-refractivity contribution in [1.29, 1.82) is 0 Å². The minimum Gasteiger partial charge on any atom is -0.496 e. The number of nitrogens with zero attached hydrogens (tertiary/aromatic N) is 2. The van der Waals surface area contributed by atoms with Crippen molar-refractivity contribution < 1.29 is 9.53 Å². The molecular weight excluding hydrogens is 362 g/mol. The zero-order valence-corrected chi connectivity index (χ0v) is 16.7. The molecule has 2 aromatic heterocycles. The lowest BCUT2D eigenvalue weighted by atomic mass is 10.0. The lowest BCUT2D eigenvalue weighted by Gasteiger charge is -2.16. The summed E-state index contributed by atoms with van der Waals surface area (Å²) in [5, 5.41) is 2.47. The number of fused-ring (bicyclic) bond motifs is 1. The SMILES string of the molecule is CCCc1nc2scc(-c3ccc(OC)c(C)c3)c2c(=O)n1C(C)C(N)=O. The molecule has 2 N–H and O–H groups in total. The van der Waals surface area contributed by atoms with Gasteiger partial charge in [0.05, 0.1) is 12.5 Å². The summed E-state index contributed by atoms with van der Waals surface area (Å²) in [5.41, 5.74) is 7.97. The summed E-state index contributed by atoms with van der Waals surface area (Å²) in [5.74, 6) is 0.842. The number of benzene rings is 1. The average Bonchev–Trinajstić information content (AvgIpc) is 3.05. The van der Waals surface area contributed by atoms with E-state index in [1.54, 1.807) is 14.0 Å². The van der Waals surface area contributed by atoms with Crippen LogP contribution in [-0.2, 0) is 11.2 Å². The zero-order valence-electron chi connectivity index (χ0n) is 15.9. The number of amides is 1. The normalized spacial score (nSPS) is 12.3. The molecule has 3 aromatic rings. The van der Waals surface area contributed by atoms with Crippen LogP contribution in [0.1, 0.15) is 37.7 Å². The number of thiophene rings is 1. The van der Waals surface area contributed by atoms with Crippen molar-refractivity contribution in [2.75, 3.05) is 7.11 Å². The fourth-order valence-corrected chi connectivity index (χ4v) is 4.19. The predicted octanol–water partition coefficient (Wildman–Crippen LogP) is 3.44. The van der Waals surface area contributed by atoms with Crippen LogP contribution in [0, 0.1) is 6.92 Å². The maximum Gasteiger partial charge on any atom is 0.263 e. The minimum atomic E-state index is -0.749. The summed E-state index contributed by atoms with van der Waals surface area (Å²) in [7, 11) is 1.63. The summed E-state index contributed by atoms with van der Waals surface area (Å²) < 4.78 is 6.77. The molecule has 2 heterocycles. The number of carbonyl (C=O) groups excluding carboxylic acids is 1. The van der Waals surface area contributed by atoms with E-state index in [9.17, 15) is 9.59 Å². The summed E-state index contributed by atoms with van der Waals surface area (Å²) in [6, 6.07) is 5.05. The second kappa shape index (κ2) is 7.52. The molecule has 0 fully saturated rings. The first kappa shape index (κ1) is 19.1. The van der Waals surface area contributed by atoms with E-state index in [0.29, 0.717) is 22.5 Å². The van der Waals surface area contributed by atoms with Gasteiger partial charge < -0.3 is 10.5 Å². The van der Waals surface area contributed by atoms with Gasteiger partial charge in [-0.3, -0.25) is 14.2 Å². The van der Waals surface area contributed by atoms with Gasteiger partial charge in [0.2, 0.25) is 5.91 Å². The smallest absolute Gasteiger partial charge is 0.263 e. The number of aryl methyl sites for hydroxylation is 2. The van der Waals surface area contributed by atoms with E-state index in [4.69, 9.17) is 10.5 Å². The number of carbonyl (C=O) groups is 1. The molecule has 1 atom stereocenters. The topological polar surface area (TPSA) is 87.2 Å². The summed E-state index contributed by atoms with van der Waals surface area (Å²) in [4.78, 5) is 30.5. The van der Waals surface area contributed by atoms with Crippen LogP contribution in [0.4, 0.5) is 0 Å². The maximum atomic E-state index is 13.3. The molecule has 3 rings (SSSR count). The lowest BCUT2D eigenvalue weighted by Crippen LogP contribution is -2.35. The van der Waals surface area contributed by atoms with E-state index in [1.165, 1.54) is 15.9 Å². The Hall–Kier alpha value is -2.67. The second-order valence-corrected chi connectivity index (χ2v) is 7.40. The van der Waals surface area contributed by atoms with Crippen LogP contribution in [0.25, 0.3) is 21.3 Å². The van der Waals surface area contributed by atoms with Gasteiger partial charge in [-0.15, -0.1) is 11.3 Å². The largest absolute Gasteiger partial charge is 0.496 e. The van der Waals surface area contributed by atoms with Gasteiger partial charge in [-0.1, -0.05) is 13.0 Å². The highest BCUT2D eigenvalue weighted by Crippen LogP contribution is 2.33. The number of nitrogens with two attached hydrogens (primary N) is 1. The van der Waals surface area contributed by atoms with Gasteiger partial charge >= 0.3 is 0 Å². The first-order chi connectivity index (χ1) is 12.9. The number of hydrogen-bond acceptors (Lipinski definition) is 5. The molecule has 0 saturated heterocycles. The minimum absolute atomic E-state index is 0.223. The molecule has 0 bridgehead atoms. The van der Waals surface area contributed by atoms with Crippen LogP contribution < -0.4 is 16.0 Å². The molecule has 7 heteroatoms. The van der Waals surface area contributed by atoms with E-state index in [-0.39, 0.29) is 5.56 Å². The van der Waals surface area contributed by atoms with Gasteiger partial charge in [-0.25, -0.2) is 4.98 Å². The number of primary amides is 1. The van der Waals surface area contributed by atoms with Gasteiger partial charge in [0.1, 0.15) is 22.4 Å². The van der Waals surface area contributed by atoms with E-state index in [1.807, 2.05) is 37.4 Å². The average molecular weight is 385 g/mol. The molecule has 0 radical (unpaired) electrons. The van der Waals surface area contributed by atoms with Crippen molar-refractivity contribution in [2.45, 2.75) is 39.7 Å². The van der Waals surface area contributed by atoms with Crippen LogP contribution in [0.2, 0.25) is 0 Å². The van der Waals surface area contributed by atoms with Gasteiger partial charge in [0.15, 0.2) is 0 Å². The standard InChI is InChI=1S/C20H23N3O3S/c1-5-6-16-22-19-17(20(25)23(16)12(3)18(21)24)14(10-27-19)13-7-8-15(26-4)11(2)9-13/h7-10,12H,5-6H2,1-4H3,(H2,21,24). The Morgan fingerprint density at radius 2 is 2.15 bits per heavy atom. The van der Waals surface area contributed by atoms with Crippen LogP contribution in [0.3, 0.4) is 0 Å². The number of hydrogen-bond donors (Lipinski definition) is 1. The molecule has 0 aliphatic heterocycles. The van der Waals surface area contributed by atoms with Gasteiger partial charge in [0, 0.05) is 17.4 Å². The maximum absolute atomic E-state index is 13.3. The van der Waals surface area contributed by atoms with Crippen molar-refractivity contribution in [2.24, 2.45) is 5.73 Å². The quantitative estimate of drug-likeness (QED) is 0.704. The van der Waals surface area contributed by atoms with E-state index in [0.717, 1.165) is 28.9 Å². The lowest BCUT2D eigenvalue weighted by molar-refractivity contribution is -0.120. The Balaban J connectivity index is 2.29. The van der Waals surface area contributed by atoms with Crippen LogP contribution in [-0.4, -0.2) is 22.6 Å². The highest BCUT2D eigenvalue weighted by atomic mass is 32.1. The van der Waals surface area contributed by atoms with Crippen molar-refractivity contribution >= 4 is 27.5 Å². The van der Waals surface area contributed by atoms with Crippen molar-refractivity contribution in [3.05, 3.63) is 45.3 Å². The van der Waals surface area contributed by atoms with Crippen LogP contribution >= 0.6 is 11.3 Å². The summed E-state index contributed by atoms with van der Waals surface area (Å²) >= 11 is 1.44. The Bertz CT molecular complexity index is 1070. The van der Waals surface area contributed by atoms with Gasteiger partial charge in [0.25, 0.3) is 5.56 Å². The molecular formula is C20H23N3O3S. The van der Waals surface area contributed by atoms with Gasteiger partial charge in [-0.2, -0.15) is 0 Å². The monoisotopic (exact) mass is 385 g/mol. The number of ether oxygens (including phenoxy) is 1. The molecule has 27 heavy (non-hydrogen) atoms.